The number of rotatable bonds is 5. The highest BCUT2D eigenvalue weighted by Crippen LogP contribution is 2.20. The Bertz CT molecular complexity index is 714. The Kier molecular flexibility index (Phi) is 7.95. The first-order chi connectivity index (χ1) is 12.2. The molecule has 0 radical (unpaired) electrons. The molecule has 1 aromatic heterocycles. The van der Waals surface area contributed by atoms with Crippen molar-refractivity contribution in [1.82, 2.24) is 9.88 Å². The molecule has 26 heavy (non-hydrogen) atoms. The van der Waals surface area contributed by atoms with Gasteiger partial charge < -0.3 is 20.3 Å². The second kappa shape index (κ2) is 9.96. The number of guanidine groups is 1. The fourth-order valence-corrected chi connectivity index (χ4v) is 3.69. The molecule has 1 aliphatic heterocycles. The summed E-state index contributed by atoms with van der Waals surface area (Å²) in [7, 11) is 1.70. The molecule has 0 unspecified atom stereocenters. The van der Waals surface area contributed by atoms with Crippen LogP contribution in [0.2, 0.25) is 0 Å². The van der Waals surface area contributed by atoms with E-state index >= 15 is 0 Å². The molecule has 2 heterocycles. The third kappa shape index (κ3) is 5.23. The number of halogens is 1. The molecule has 142 valence electrons. The first-order valence-electron chi connectivity index (χ1n) is 8.50. The predicted octanol–water partition coefficient (Wildman–Crippen LogP) is 2.76. The Hall–Kier alpha value is -1.55. The van der Waals surface area contributed by atoms with E-state index in [0.29, 0.717) is 12.5 Å². The highest BCUT2D eigenvalue weighted by Gasteiger charge is 2.19. The lowest BCUT2D eigenvalue weighted by Gasteiger charge is -2.35. The standard InChI is InChI=1S/C18H25N5OS.HI/c1-14-3-4-16(24-2)15(13-14)5-6-20-17(19)22-8-10-23(11-9-22)18-21-7-12-25-18;/h3-4,7,12-13H,5-6,8-11H2,1-2H3,(H2,19,20);1H. The Balaban J connectivity index is 0.00000243. The number of ether oxygens (including phenoxy) is 1. The summed E-state index contributed by atoms with van der Waals surface area (Å²) in [5.41, 5.74) is 8.59. The van der Waals surface area contributed by atoms with Crippen LogP contribution < -0.4 is 15.4 Å². The average Bonchev–Trinajstić information content (AvgIpc) is 3.17. The van der Waals surface area contributed by atoms with Crippen LogP contribution >= 0.6 is 35.3 Å². The Morgan fingerprint density at radius 3 is 2.73 bits per heavy atom. The molecule has 2 N–H and O–H groups in total. The van der Waals surface area contributed by atoms with Crippen molar-refractivity contribution in [3.63, 3.8) is 0 Å². The summed E-state index contributed by atoms with van der Waals surface area (Å²) in [6.07, 6.45) is 2.67. The fraction of sp³-hybridized carbons (Fsp3) is 0.444. The van der Waals surface area contributed by atoms with Gasteiger partial charge in [-0.15, -0.1) is 35.3 Å². The second-order valence-electron chi connectivity index (χ2n) is 6.09. The number of piperazine rings is 1. The summed E-state index contributed by atoms with van der Waals surface area (Å²) in [5.74, 6) is 1.54. The third-order valence-corrected chi connectivity index (χ3v) is 5.22. The van der Waals surface area contributed by atoms with Crippen molar-refractivity contribution in [3.8, 4) is 5.75 Å². The maximum absolute atomic E-state index is 6.19. The Morgan fingerprint density at radius 1 is 1.31 bits per heavy atom. The minimum Gasteiger partial charge on any atom is -0.496 e. The van der Waals surface area contributed by atoms with E-state index in [2.05, 4.69) is 38.8 Å². The lowest BCUT2D eigenvalue weighted by molar-refractivity contribution is 0.380. The number of aryl methyl sites for hydroxylation is 1. The van der Waals surface area contributed by atoms with Crippen molar-refractivity contribution < 1.29 is 4.74 Å². The summed E-state index contributed by atoms with van der Waals surface area (Å²) in [5, 5.41) is 3.10. The van der Waals surface area contributed by atoms with Crippen molar-refractivity contribution in [2.75, 3.05) is 44.7 Å². The molecule has 1 aromatic carbocycles. The van der Waals surface area contributed by atoms with Gasteiger partial charge in [0, 0.05) is 44.3 Å². The lowest BCUT2D eigenvalue weighted by Crippen LogP contribution is -2.51. The third-order valence-electron chi connectivity index (χ3n) is 4.38. The van der Waals surface area contributed by atoms with E-state index in [1.807, 2.05) is 17.6 Å². The number of aromatic nitrogens is 1. The van der Waals surface area contributed by atoms with E-state index in [4.69, 9.17) is 10.5 Å². The van der Waals surface area contributed by atoms with Gasteiger partial charge in [0.2, 0.25) is 0 Å². The highest BCUT2D eigenvalue weighted by molar-refractivity contribution is 14.0. The molecule has 1 fully saturated rings. The number of benzene rings is 1. The Labute approximate surface area is 176 Å². The lowest BCUT2D eigenvalue weighted by atomic mass is 10.1. The van der Waals surface area contributed by atoms with Gasteiger partial charge >= 0.3 is 0 Å². The zero-order valence-corrected chi connectivity index (χ0v) is 18.4. The Morgan fingerprint density at radius 2 is 2.08 bits per heavy atom. The van der Waals surface area contributed by atoms with E-state index in [-0.39, 0.29) is 24.0 Å². The monoisotopic (exact) mass is 487 g/mol. The summed E-state index contributed by atoms with van der Waals surface area (Å²) in [6.45, 7) is 6.36. The number of nitrogens with zero attached hydrogens (tertiary/aromatic N) is 4. The quantitative estimate of drug-likeness (QED) is 0.399. The minimum absolute atomic E-state index is 0. The van der Waals surface area contributed by atoms with Crippen LogP contribution in [0.1, 0.15) is 11.1 Å². The molecule has 0 bridgehead atoms. The average molecular weight is 487 g/mol. The van der Waals surface area contributed by atoms with E-state index < -0.39 is 0 Å². The summed E-state index contributed by atoms with van der Waals surface area (Å²) >= 11 is 1.68. The molecule has 1 saturated heterocycles. The molecule has 1 aliphatic rings. The number of aliphatic imine (C=N–C) groups is 1. The minimum atomic E-state index is 0. The fourth-order valence-electron chi connectivity index (χ4n) is 2.99. The van der Waals surface area contributed by atoms with Crippen molar-refractivity contribution in [3.05, 3.63) is 40.9 Å². The summed E-state index contributed by atoms with van der Waals surface area (Å²) in [6, 6.07) is 6.22. The van der Waals surface area contributed by atoms with Gasteiger partial charge in [-0.25, -0.2) is 4.98 Å². The topological polar surface area (TPSA) is 67.0 Å². The zero-order chi connectivity index (χ0) is 17.6. The van der Waals surface area contributed by atoms with E-state index in [1.165, 1.54) is 11.1 Å². The van der Waals surface area contributed by atoms with Crippen molar-refractivity contribution >= 4 is 46.4 Å². The zero-order valence-electron chi connectivity index (χ0n) is 15.2. The van der Waals surface area contributed by atoms with Crippen LogP contribution in [-0.2, 0) is 6.42 Å². The number of nitrogens with two attached hydrogens (primary N) is 1. The van der Waals surface area contributed by atoms with Crippen LogP contribution in [0, 0.1) is 6.92 Å². The van der Waals surface area contributed by atoms with Crippen LogP contribution in [0.25, 0.3) is 0 Å². The highest BCUT2D eigenvalue weighted by atomic mass is 127. The van der Waals surface area contributed by atoms with Crippen LogP contribution in [0.4, 0.5) is 5.13 Å². The molecule has 0 amide bonds. The molecular weight excluding hydrogens is 461 g/mol. The maximum atomic E-state index is 6.19. The molecule has 0 aliphatic carbocycles. The largest absolute Gasteiger partial charge is 0.496 e. The molecule has 2 aromatic rings. The van der Waals surface area contributed by atoms with Crippen molar-refractivity contribution in [1.29, 1.82) is 0 Å². The van der Waals surface area contributed by atoms with Crippen LogP contribution in [0.5, 0.6) is 5.75 Å². The number of anilines is 1. The molecule has 0 saturated carbocycles. The summed E-state index contributed by atoms with van der Waals surface area (Å²) in [4.78, 5) is 13.4. The van der Waals surface area contributed by atoms with Gasteiger partial charge in [0.1, 0.15) is 5.75 Å². The first-order valence-corrected chi connectivity index (χ1v) is 9.38. The SMILES string of the molecule is COc1ccc(C)cc1CCN=C(N)N1CCN(c2nccs2)CC1.I. The first kappa shape index (κ1) is 20.8. The van der Waals surface area contributed by atoms with Crippen LogP contribution in [-0.4, -0.2) is 55.7 Å². The van der Waals surface area contributed by atoms with Gasteiger partial charge in [-0.1, -0.05) is 17.7 Å². The number of thiazole rings is 1. The number of hydrogen-bond donors (Lipinski definition) is 1. The number of methoxy groups -OCH3 is 1. The van der Waals surface area contributed by atoms with Crippen LogP contribution in [0.3, 0.4) is 0 Å². The smallest absolute Gasteiger partial charge is 0.191 e. The van der Waals surface area contributed by atoms with Crippen molar-refractivity contribution in [2.24, 2.45) is 10.7 Å². The number of hydrogen-bond acceptors (Lipinski definition) is 5. The molecule has 8 heteroatoms. The molecule has 3 rings (SSSR count). The second-order valence-corrected chi connectivity index (χ2v) is 6.97. The molecule has 0 spiro atoms. The molecular formula is C18H26IN5OS. The van der Waals surface area contributed by atoms with Crippen LogP contribution in [0.15, 0.2) is 34.8 Å². The van der Waals surface area contributed by atoms with E-state index in [9.17, 15) is 0 Å². The van der Waals surface area contributed by atoms with Gasteiger partial charge in [-0.05, 0) is 25.0 Å². The molecule has 0 atom stereocenters. The van der Waals surface area contributed by atoms with Crippen molar-refractivity contribution in [2.45, 2.75) is 13.3 Å². The van der Waals surface area contributed by atoms with Gasteiger partial charge in [-0.2, -0.15) is 0 Å². The van der Waals surface area contributed by atoms with Gasteiger partial charge in [0.25, 0.3) is 0 Å². The van der Waals surface area contributed by atoms with Gasteiger partial charge in [0.05, 0.1) is 7.11 Å². The maximum Gasteiger partial charge on any atom is 0.191 e. The predicted molar refractivity (Wildman–Crippen MR) is 119 cm³/mol. The van der Waals surface area contributed by atoms with E-state index in [0.717, 1.165) is 43.5 Å². The summed E-state index contributed by atoms with van der Waals surface area (Å²) < 4.78 is 5.42. The molecule has 6 nitrogen and oxygen atoms in total. The van der Waals surface area contributed by atoms with Gasteiger partial charge in [-0.3, -0.25) is 4.99 Å². The van der Waals surface area contributed by atoms with E-state index in [1.54, 1.807) is 18.4 Å². The normalized spacial score (nSPS) is 14.9. The van der Waals surface area contributed by atoms with Gasteiger partial charge in [0.15, 0.2) is 11.1 Å².